The van der Waals surface area contributed by atoms with E-state index in [0.29, 0.717) is 53.6 Å². The maximum atomic E-state index is 14.5. The highest BCUT2D eigenvalue weighted by Crippen LogP contribution is 2.37. The number of hydrogen-bond acceptors (Lipinski definition) is 10. The molecule has 2 aliphatic rings. The fourth-order valence-electron chi connectivity index (χ4n) is 5.77. The standard InChI is InChI=1S/C31H25F2N9O3/c1-15-11-23(42-36-9-10-37-42)39-30-26(15)40-29(20-3-2-8-35-28(20)34)41(30)18-5-6-19-16(12-18)4-7-22(19)38-31(45)21-13-17(14-43)27(44)25(33)24(21)32/h2-3,5-6,8-9,11-14,22,37,44H,4,7,10H2,1H3,(H2,34,35)(H,38,45). The molecule has 14 heteroatoms. The van der Waals surface area contributed by atoms with E-state index in [9.17, 15) is 23.5 Å². The van der Waals surface area contributed by atoms with Crippen LogP contribution >= 0.6 is 0 Å². The minimum atomic E-state index is -1.65. The molecule has 5 N–H and O–H groups in total. The second kappa shape index (κ2) is 10.7. The quantitative estimate of drug-likeness (QED) is 0.209. The molecule has 226 valence electrons. The first kappa shape index (κ1) is 28.0. The van der Waals surface area contributed by atoms with Crippen LogP contribution in [0.3, 0.4) is 0 Å². The van der Waals surface area contributed by atoms with Crippen molar-refractivity contribution < 1.29 is 23.5 Å². The van der Waals surface area contributed by atoms with Crippen molar-refractivity contribution in [2.24, 2.45) is 5.10 Å². The van der Waals surface area contributed by atoms with Gasteiger partial charge in [0, 0.05) is 18.1 Å². The molecule has 1 atom stereocenters. The first-order chi connectivity index (χ1) is 21.7. The van der Waals surface area contributed by atoms with E-state index in [1.807, 2.05) is 41.8 Å². The molecule has 5 aromatic rings. The van der Waals surface area contributed by atoms with E-state index >= 15 is 0 Å². The van der Waals surface area contributed by atoms with Crippen LogP contribution in [0.1, 0.15) is 49.9 Å². The first-order valence-corrected chi connectivity index (χ1v) is 14.0. The average molecular weight is 610 g/mol. The SMILES string of the molecule is Cc1cc(N2N=CCN2)nc2c1nc(-c1cccnc1N)n2-c1ccc2c(c1)CCC2NC(=O)c1cc(C=O)c(O)c(F)c1F. The van der Waals surface area contributed by atoms with Crippen molar-refractivity contribution in [3.05, 3.63) is 88.1 Å². The number of nitrogens with one attached hydrogen (secondary N) is 2. The summed E-state index contributed by atoms with van der Waals surface area (Å²) >= 11 is 0. The molecular formula is C31H25F2N9O3. The zero-order valence-corrected chi connectivity index (χ0v) is 23.8. The van der Waals surface area contributed by atoms with Gasteiger partial charge in [-0.15, -0.1) is 0 Å². The largest absolute Gasteiger partial charge is 0.504 e. The molecule has 1 unspecified atom stereocenters. The van der Waals surface area contributed by atoms with Gasteiger partial charge >= 0.3 is 0 Å². The highest BCUT2D eigenvalue weighted by molar-refractivity contribution is 5.97. The number of aldehydes is 1. The van der Waals surface area contributed by atoms with Crippen molar-refractivity contribution >= 4 is 41.2 Å². The van der Waals surface area contributed by atoms with Gasteiger partial charge in [-0.05, 0) is 72.9 Å². The number of carbonyl (C=O) groups excluding carboxylic acids is 2. The number of phenolic OH excluding ortho intramolecular Hbond substituents is 1. The predicted octanol–water partition coefficient (Wildman–Crippen LogP) is 3.90. The van der Waals surface area contributed by atoms with Gasteiger partial charge in [-0.1, -0.05) is 6.07 Å². The molecule has 12 nitrogen and oxygen atoms in total. The number of amides is 1. The van der Waals surface area contributed by atoms with E-state index in [1.165, 1.54) is 0 Å². The first-order valence-electron chi connectivity index (χ1n) is 14.0. The highest BCUT2D eigenvalue weighted by atomic mass is 19.2. The minimum absolute atomic E-state index is 0.155. The number of anilines is 2. The predicted molar refractivity (Wildman–Crippen MR) is 162 cm³/mol. The minimum Gasteiger partial charge on any atom is -0.504 e. The Bertz CT molecular complexity index is 2080. The topological polar surface area (TPSA) is 164 Å². The van der Waals surface area contributed by atoms with Crippen LogP contribution in [0.15, 0.2) is 53.8 Å². The number of hydrazine groups is 1. The molecule has 0 saturated heterocycles. The van der Waals surface area contributed by atoms with Crippen molar-refractivity contribution in [3.8, 4) is 22.8 Å². The number of rotatable bonds is 6. The fraction of sp³-hybridized carbons (Fsp3) is 0.161. The summed E-state index contributed by atoms with van der Waals surface area (Å²) in [5.41, 5.74) is 13.4. The highest BCUT2D eigenvalue weighted by Gasteiger charge is 2.29. The van der Waals surface area contributed by atoms with Gasteiger partial charge in [0.1, 0.15) is 11.3 Å². The molecular weight excluding hydrogens is 584 g/mol. The van der Waals surface area contributed by atoms with Gasteiger partial charge in [0.05, 0.1) is 29.3 Å². The van der Waals surface area contributed by atoms with E-state index in [-0.39, 0.29) is 6.29 Å². The Morgan fingerprint density at radius 2 is 2.02 bits per heavy atom. The van der Waals surface area contributed by atoms with Crippen molar-refractivity contribution in [2.45, 2.75) is 25.8 Å². The number of nitrogens with two attached hydrogens (primary N) is 1. The Hall–Kier alpha value is -5.76. The van der Waals surface area contributed by atoms with E-state index in [1.54, 1.807) is 23.6 Å². The summed E-state index contributed by atoms with van der Waals surface area (Å²) in [6.45, 7) is 2.52. The lowest BCUT2D eigenvalue weighted by molar-refractivity contribution is 0.0931. The van der Waals surface area contributed by atoms with E-state index in [4.69, 9.17) is 15.7 Å². The summed E-state index contributed by atoms with van der Waals surface area (Å²) < 4.78 is 30.6. The maximum Gasteiger partial charge on any atom is 0.254 e. The number of aromatic nitrogens is 4. The van der Waals surface area contributed by atoms with E-state index in [2.05, 4.69) is 20.8 Å². The van der Waals surface area contributed by atoms with Gasteiger partial charge in [0.25, 0.3) is 5.91 Å². The second-order valence-electron chi connectivity index (χ2n) is 10.7. The number of halogens is 2. The summed E-state index contributed by atoms with van der Waals surface area (Å²) in [7, 11) is 0. The summed E-state index contributed by atoms with van der Waals surface area (Å²) in [6.07, 6.45) is 4.58. The number of nitrogen functional groups attached to an aromatic ring is 1. The zero-order chi connectivity index (χ0) is 31.4. The molecule has 3 aromatic heterocycles. The van der Waals surface area contributed by atoms with Gasteiger partial charge in [0.2, 0.25) is 5.82 Å². The number of fused-ring (bicyclic) bond motifs is 2. The Labute approximate surface area is 254 Å². The van der Waals surface area contributed by atoms with Gasteiger partial charge in [-0.3, -0.25) is 14.2 Å². The number of pyridine rings is 2. The summed E-state index contributed by atoms with van der Waals surface area (Å²) in [5, 5.41) is 18.3. The van der Waals surface area contributed by atoms with Gasteiger partial charge in [-0.2, -0.15) is 14.6 Å². The third kappa shape index (κ3) is 4.62. The number of imidazole rings is 1. The lowest BCUT2D eigenvalue weighted by Crippen LogP contribution is -2.29. The third-order valence-electron chi connectivity index (χ3n) is 7.97. The Morgan fingerprint density at radius 1 is 1.18 bits per heavy atom. The molecule has 1 amide bonds. The molecule has 0 saturated carbocycles. The van der Waals surface area contributed by atoms with Crippen LogP contribution in [0.5, 0.6) is 5.75 Å². The zero-order valence-electron chi connectivity index (χ0n) is 23.8. The molecule has 1 aliphatic carbocycles. The number of benzene rings is 2. The summed E-state index contributed by atoms with van der Waals surface area (Å²) in [5.74, 6) is -3.80. The number of carbonyl (C=O) groups is 2. The summed E-state index contributed by atoms with van der Waals surface area (Å²) in [6, 6.07) is 11.5. The molecule has 7 rings (SSSR count). The number of nitrogens with zero attached hydrogens (tertiary/aromatic N) is 6. The second-order valence-corrected chi connectivity index (χ2v) is 10.7. The number of aromatic hydroxyl groups is 1. The molecule has 0 radical (unpaired) electrons. The molecule has 45 heavy (non-hydrogen) atoms. The Morgan fingerprint density at radius 3 is 2.78 bits per heavy atom. The van der Waals surface area contributed by atoms with Crippen molar-refractivity contribution in [2.75, 3.05) is 17.4 Å². The van der Waals surface area contributed by atoms with Gasteiger partial charge in [-0.25, -0.2) is 24.8 Å². The normalized spacial score (nSPS) is 15.5. The Balaban J connectivity index is 1.30. The molecule has 2 aromatic carbocycles. The Kier molecular flexibility index (Phi) is 6.70. The van der Waals surface area contributed by atoms with Crippen molar-refractivity contribution in [3.63, 3.8) is 0 Å². The molecule has 4 heterocycles. The van der Waals surface area contributed by atoms with E-state index < -0.39 is 40.5 Å². The fourth-order valence-corrected chi connectivity index (χ4v) is 5.77. The van der Waals surface area contributed by atoms with Crippen molar-refractivity contribution in [1.82, 2.24) is 30.3 Å². The molecule has 0 fully saturated rings. The van der Waals surface area contributed by atoms with Crippen LogP contribution in [0.2, 0.25) is 0 Å². The van der Waals surface area contributed by atoms with Crippen LogP contribution < -0.4 is 21.6 Å². The average Bonchev–Trinajstić information content (AvgIpc) is 3.80. The van der Waals surface area contributed by atoms with Crippen LogP contribution in [-0.4, -0.2) is 49.6 Å². The van der Waals surface area contributed by atoms with Crippen LogP contribution in [-0.2, 0) is 6.42 Å². The summed E-state index contributed by atoms with van der Waals surface area (Å²) in [4.78, 5) is 38.3. The lowest BCUT2D eigenvalue weighted by Gasteiger charge is -2.17. The van der Waals surface area contributed by atoms with Crippen LogP contribution in [0.25, 0.3) is 28.2 Å². The maximum absolute atomic E-state index is 14.5. The van der Waals surface area contributed by atoms with Crippen LogP contribution in [0, 0.1) is 18.6 Å². The van der Waals surface area contributed by atoms with Crippen molar-refractivity contribution in [1.29, 1.82) is 0 Å². The smallest absolute Gasteiger partial charge is 0.254 e. The number of phenols is 1. The van der Waals surface area contributed by atoms with Crippen LogP contribution in [0.4, 0.5) is 20.4 Å². The third-order valence-corrected chi connectivity index (χ3v) is 7.97. The van der Waals surface area contributed by atoms with E-state index in [0.717, 1.165) is 28.4 Å². The number of hydrogen-bond donors (Lipinski definition) is 4. The molecule has 1 aliphatic heterocycles. The molecule has 0 bridgehead atoms. The monoisotopic (exact) mass is 609 g/mol. The lowest BCUT2D eigenvalue weighted by atomic mass is 10.0. The van der Waals surface area contributed by atoms with Gasteiger partial charge < -0.3 is 16.2 Å². The molecule has 0 spiro atoms. The number of hydrazone groups is 1. The van der Waals surface area contributed by atoms with Gasteiger partial charge in [0.15, 0.2) is 35.1 Å². The number of aryl methyl sites for hydroxylation is 2.